The van der Waals surface area contributed by atoms with Crippen LogP contribution in [-0.2, 0) is 0 Å². The van der Waals surface area contributed by atoms with Crippen LogP contribution >= 0.6 is 0 Å². The van der Waals surface area contributed by atoms with Crippen molar-refractivity contribution in [3.63, 3.8) is 0 Å². The lowest BCUT2D eigenvalue weighted by Gasteiger charge is -2.06. The standard InChI is InChI=1S/C14H15FN2/c1-3-16-14-6-4-5-13(17-14)11-8-7-10(2)12(15)9-11/h4-9H,3H2,1-2H3,(H,16,17). The van der Waals surface area contributed by atoms with Gasteiger partial charge in [0.1, 0.15) is 11.6 Å². The molecule has 0 aliphatic heterocycles. The third-order valence-electron chi connectivity index (χ3n) is 2.57. The van der Waals surface area contributed by atoms with Crippen molar-refractivity contribution in [2.24, 2.45) is 0 Å². The van der Waals surface area contributed by atoms with Crippen LogP contribution in [-0.4, -0.2) is 11.5 Å². The second-order valence-electron chi connectivity index (χ2n) is 3.90. The fourth-order valence-electron chi connectivity index (χ4n) is 1.63. The third-order valence-corrected chi connectivity index (χ3v) is 2.57. The molecular weight excluding hydrogens is 215 g/mol. The molecule has 0 aliphatic rings. The van der Waals surface area contributed by atoms with Gasteiger partial charge >= 0.3 is 0 Å². The van der Waals surface area contributed by atoms with E-state index >= 15 is 0 Å². The number of nitrogens with zero attached hydrogens (tertiary/aromatic N) is 1. The van der Waals surface area contributed by atoms with Crippen molar-refractivity contribution in [1.29, 1.82) is 0 Å². The molecule has 88 valence electrons. The maximum Gasteiger partial charge on any atom is 0.126 e. The molecule has 0 fully saturated rings. The lowest BCUT2D eigenvalue weighted by atomic mass is 10.1. The van der Waals surface area contributed by atoms with Crippen molar-refractivity contribution in [2.45, 2.75) is 13.8 Å². The Labute approximate surface area is 101 Å². The van der Waals surface area contributed by atoms with E-state index in [1.807, 2.05) is 31.2 Å². The van der Waals surface area contributed by atoms with Crippen LogP contribution in [0.3, 0.4) is 0 Å². The van der Waals surface area contributed by atoms with Crippen LogP contribution < -0.4 is 5.32 Å². The van der Waals surface area contributed by atoms with Crippen molar-refractivity contribution in [3.8, 4) is 11.3 Å². The van der Waals surface area contributed by atoms with Gasteiger partial charge in [-0.1, -0.05) is 18.2 Å². The number of aromatic nitrogens is 1. The minimum absolute atomic E-state index is 0.196. The van der Waals surface area contributed by atoms with E-state index in [0.717, 1.165) is 23.6 Å². The maximum atomic E-state index is 13.5. The van der Waals surface area contributed by atoms with Crippen LogP contribution in [0.2, 0.25) is 0 Å². The van der Waals surface area contributed by atoms with E-state index in [4.69, 9.17) is 0 Å². The van der Waals surface area contributed by atoms with Crippen LogP contribution in [0.25, 0.3) is 11.3 Å². The van der Waals surface area contributed by atoms with Crippen molar-refractivity contribution < 1.29 is 4.39 Å². The normalized spacial score (nSPS) is 10.3. The largest absolute Gasteiger partial charge is 0.370 e. The second kappa shape index (κ2) is 4.95. The SMILES string of the molecule is CCNc1cccc(-c2ccc(C)c(F)c2)n1. The van der Waals surface area contributed by atoms with Gasteiger partial charge in [0, 0.05) is 12.1 Å². The first-order valence-electron chi connectivity index (χ1n) is 5.68. The Morgan fingerprint density at radius 2 is 2.06 bits per heavy atom. The molecule has 1 heterocycles. The van der Waals surface area contributed by atoms with Gasteiger partial charge in [-0.3, -0.25) is 0 Å². The molecule has 1 N–H and O–H groups in total. The Morgan fingerprint density at radius 3 is 2.76 bits per heavy atom. The molecule has 0 aliphatic carbocycles. The van der Waals surface area contributed by atoms with Gasteiger partial charge in [0.25, 0.3) is 0 Å². The lowest BCUT2D eigenvalue weighted by Crippen LogP contribution is -1.99. The van der Waals surface area contributed by atoms with Gasteiger partial charge in [-0.05, 0) is 37.6 Å². The first kappa shape index (κ1) is 11.6. The molecule has 2 rings (SSSR count). The van der Waals surface area contributed by atoms with Crippen molar-refractivity contribution >= 4 is 5.82 Å². The zero-order chi connectivity index (χ0) is 12.3. The van der Waals surface area contributed by atoms with Crippen LogP contribution in [0.15, 0.2) is 36.4 Å². The minimum atomic E-state index is -0.196. The minimum Gasteiger partial charge on any atom is -0.370 e. The van der Waals surface area contributed by atoms with Crippen LogP contribution in [0.5, 0.6) is 0 Å². The van der Waals surface area contributed by atoms with E-state index < -0.39 is 0 Å². The third kappa shape index (κ3) is 2.61. The fourth-order valence-corrected chi connectivity index (χ4v) is 1.63. The number of halogens is 1. The van der Waals surface area contributed by atoms with Crippen molar-refractivity contribution in [3.05, 3.63) is 47.8 Å². The average Bonchev–Trinajstić information content (AvgIpc) is 2.33. The van der Waals surface area contributed by atoms with Gasteiger partial charge in [0.05, 0.1) is 5.69 Å². The predicted octanol–water partition coefficient (Wildman–Crippen LogP) is 3.63. The fraction of sp³-hybridized carbons (Fsp3) is 0.214. The maximum absolute atomic E-state index is 13.5. The smallest absolute Gasteiger partial charge is 0.126 e. The molecule has 0 unspecified atom stereocenters. The van der Waals surface area contributed by atoms with Gasteiger partial charge in [-0.2, -0.15) is 0 Å². The molecule has 0 radical (unpaired) electrons. The summed E-state index contributed by atoms with van der Waals surface area (Å²) in [6.07, 6.45) is 0. The molecule has 2 nitrogen and oxygen atoms in total. The first-order valence-corrected chi connectivity index (χ1v) is 5.68. The summed E-state index contributed by atoms with van der Waals surface area (Å²) >= 11 is 0. The highest BCUT2D eigenvalue weighted by Gasteiger charge is 2.03. The zero-order valence-corrected chi connectivity index (χ0v) is 10.00. The van der Waals surface area contributed by atoms with Crippen LogP contribution in [0, 0.1) is 12.7 Å². The van der Waals surface area contributed by atoms with Crippen molar-refractivity contribution in [1.82, 2.24) is 4.98 Å². The number of pyridine rings is 1. The highest BCUT2D eigenvalue weighted by molar-refractivity contribution is 5.61. The first-order chi connectivity index (χ1) is 8.20. The Kier molecular flexibility index (Phi) is 3.38. The average molecular weight is 230 g/mol. The molecular formula is C14H15FN2. The number of anilines is 1. The number of aryl methyl sites for hydroxylation is 1. The van der Waals surface area contributed by atoms with E-state index in [2.05, 4.69) is 10.3 Å². The summed E-state index contributed by atoms with van der Waals surface area (Å²) < 4.78 is 13.5. The highest BCUT2D eigenvalue weighted by atomic mass is 19.1. The van der Waals surface area contributed by atoms with Gasteiger partial charge < -0.3 is 5.32 Å². The molecule has 0 amide bonds. The number of hydrogen-bond donors (Lipinski definition) is 1. The van der Waals surface area contributed by atoms with Gasteiger partial charge in [0.2, 0.25) is 0 Å². The summed E-state index contributed by atoms with van der Waals surface area (Å²) in [5, 5.41) is 3.14. The molecule has 1 aromatic carbocycles. The van der Waals surface area contributed by atoms with Gasteiger partial charge in [-0.15, -0.1) is 0 Å². The van der Waals surface area contributed by atoms with Crippen molar-refractivity contribution in [2.75, 3.05) is 11.9 Å². The molecule has 1 aromatic heterocycles. The second-order valence-corrected chi connectivity index (χ2v) is 3.90. The predicted molar refractivity (Wildman–Crippen MR) is 68.5 cm³/mol. The summed E-state index contributed by atoms with van der Waals surface area (Å²) in [6.45, 7) is 4.58. The Morgan fingerprint density at radius 1 is 1.24 bits per heavy atom. The number of hydrogen-bond acceptors (Lipinski definition) is 2. The van der Waals surface area contributed by atoms with E-state index in [1.165, 1.54) is 6.07 Å². The van der Waals surface area contributed by atoms with Gasteiger partial charge in [-0.25, -0.2) is 9.37 Å². The molecule has 2 aromatic rings. The highest BCUT2D eigenvalue weighted by Crippen LogP contribution is 2.21. The Balaban J connectivity index is 2.38. The molecule has 0 atom stereocenters. The summed E-state index contributed by atoms with van der Waals surface area (Å²) in [4.78, 5) is 4.43. The van der Waals surface area contributed by atoms with Crippen LogP contribution in [0.1, 0.15) is 12.5 Å². The van der Waals surface area contributed by atoms with Gasteiger partial charge in [0.15, 0.2) is 0 Å². The number of benzene rings is 1. The Bertz CT molecular complexity index is 523. The molecule has 0 bridgehead atoms. The van der Waals surface area contributed by atoms with Crippen LogP contribution in [0.4, 0.5) is 10.2 Å². The summed E-state index contributed by atoms with van der Waals surface area (Å²) in [7, 11) is 0. The molecule has 0 spiro atoms. The quantitative estimate of drug-likeness (QED) is 0.871. The lowest BCUT2D eigenvalue weighted by molar-refractivity contribution is 0.619. The van der Waals surface area contributed by atoms with E-state index in [1.54, 1.807) is 13.0 Å². The monoisotopic (exact) mass is 230 g/mol. The zero-order valence-electron chi connectivity index (χ0n) is 10.00. The molecule has 0 saturated heterocycles. The summed E-state index contributed by atoms with van der Waals surface area (Å²) in [6, 6.07) is 10.9. The topological polar surface area (TPSA) is 24.9 Å². The molecule has 3 heteroatoms. The summed E-state index contributed by atoms with van der Waals surface area (Å²) in [5.41, 5.74) is 2.23. The van der Waals surface area contributed by atoms with E-state index in [9.17, 15) is 4.39 Å². The molecule has 17 heavy (non-hydrogen) atoms. The summed E-state index contributed by atoms with van der Waals surface area (Å²) in [5.74, 6) is 0.615. The number of nitrogens with one attached hydrogen (secondary N) is 1. The van der Waals surface area contributed by atoms with E-state index in [-0.39, 0.29) is 5.82 Å². The Hall–Kier alpha value is -1.90. The van der Waals surface area contributed by atoms with E-state index in [0.29, 0.717) is 5.56 Å². The molecule has 0 saturated carbocycles. The number of rotatable bonds is 3.